The van der Waals surface area contributed by atoms with E-state index < -0.39 is 5.97 Å². The molecular weight excluding hydrogens is 268 g/mol. The van der Waals surface area contributed by atoms with Crippen LogP contribution in [0.5, 0.6) is 0 Å². The van der Waals surface area contributed by atoms with Crippen LogP contribution < -0.4 is 10.6 Å². The zero-order chi connectivity index (χ0) is 16.1. The molecule has 122 valence electrons. The molecule has 0 aromatic rings. The zero-order valence-electron chi connectivity index (χ0n) is 13.8. The van der Waals surface area contributed by atoms with Crippen molar-refractivity contribution in [3.8, 4) is 0 Å². The molecule has 1 unspecified atom stereocenters. The van der Waals surface area contributed by atoms with Crippen LogP contribution in [0.15, 0.2) is 0 Å². The molecule has 0 radical (unpaired) electrons. The third-order valence-corrected chi connectivity index (χ3v) is 4.58. The highest BCUT2D eigenvalue weighted by Gasteiger charge is 2.33. The van der Waals surface area contributed by atoms with Crippen molar-refractivity contribution in [1.82, 2.24) is 10.6 Å². The maximum atomic E-state index is 11.8. The summed E-state index contributed by atoms with van der Waals surface area (Å²) in [5.41, 5.74) is 0.0182. The summed E-state index contributed by atoms with van der Waals surface area (Å²) in [7, 11) is 0. The van der Waals surface area contributed by atoms with E-state index in [1.807, 2.05) is 0 Å². The first kappa shape index (κ1) is 17.8. The zero-order valence-corrected chi connectivity index (χ0v) is 13.8. The number of hydrogen-bond acceptors (Lipinski definition) is 2. The van der Waals surface area contributed by atoms with Crippen LogP contribution in [0.3, 0.4) is 0 Å². The highest BCUT2D eigenvalue weighted by Crippen LogP contribution is 2.32. The molecule has 0 bridgehead atoms. The summed E-state index contributed by atoms with van der Waals surface area (Å²) in [6.07, 6.45) is 4.92. The van der Waals surface area contributed by atoms with E-state index in [9.17, 15) is 9.59 Å². The second-order valence-corrected chi connectivity index (χ2v) is 7.58. The Bertz CT molecular complexity index is 370. The molecule has 0 aromatic carbocycles. The monoisotopic (exact) mass is 298 g/mol. The molecule has 2 amide bonds. The predicted molar refractivity (Wildman–Crippen MR) is 83.2 cm³/mol. The van der Waals surface area contributed by atoms with Gasteiger partial charge < -0.3 is 15.7 Å². The first-order valence-electron chi connectivity index (χ1n) is 7.90. The SMILES string of the molecule is CC1(NC(=O)NCCC(CCC(=O)O)C(C)(C)C)CCC1. The molecule has 1 rings (SSSR count). The smallest absolute Gasteiger partial charge is 0.315 e. The Hall–Kier alpha value is -1.26. The lowest BCUT2D eigenvalue weighted by atomic mass is 9.76. The van der Waals surface area contributed by atoms with Crippen LogP contribution in [0.1, 0.15) is 66.2 Å². The van der Waals surface area contributed by atoms with Crippen molar-refractivity contribution in [1.29, 1.82) is 0 Å². The van der Waals surface area contributed by atoms with Gasteiger partial charge >= 0.3 is 12.0 Å². The van der Waals surface area contributed by atoms with Crippen molar-refractivity contribution >= 4 is 12.0 Å². The molecular formula is C16H30N2O3. The Balaban J connectivity index is 2.31. The van der Waals surface area contributed by atoms with Gasteiger partial charge in [0.2, 0.25) is 0 Å². The lowest BCUT2D eigenvalue weighted by Crippen LogP contribution is -2.54. The molecule has 0 spiro atoms. The highest BCUT2D eigenvalue weighted by atomic mass is 16.4. The van der Waals surface area contributed by atoms with Gasteiger partial charge in [0.15, 0.2) is 0 Å². The van der Waals surface area contributed by atoms with Gasteiger partial charge in [-0.2, -0.15) is 0 Å². The number of carboxylic acids is 1. The van der Waals surface area contributed by atoms with Crippen LogP contribution >= 0.6 is 0 Å². The Kier molecular flexibility index (Phi) is 6.05. The summed E-state index contributed by atoms with van der Waals surface area (Å²) < 4.78 is 0. The first-order chi connectivity index (χ1) is 9.62. The van der Waals surface area contributed by atoms with Crippen molar-refractivity contribution in [2.24, 2.45) is 11.3 Å². The lowest BCUT2D eigenvalue weighted by molar-refractivity contribution is -0.137. The number of amides is 2. The van der Waals surface area contributed by atoms with E-state index >= 15 is 0 Å². The van der Waals surface area contributed by atoms with E-state index in [1.54, 1.807) is 0 Å². The van der Waals surface area contributed by atoms with Crippen molar-refractivity contribution < 1.29 is 14.7 Å². The molecule has 5 nitrogen and oxygen atoms in total. The molecule has 1 fully saturated rings. The molecule has 1 aliphatic rings. The fraction of sp³-hybridized carbons (Fsp3) is 0.875. The van der Waals surface area contributed by atoms with Crippen LogP contribution in [-0.2, 0) is 4.79 Å². The minimum atomic E-state index is -0.757. The molecule has 3 N–H and O–H groups in total. The van der Waals surface area contributed by atoms with Crippen molar-refractivity contribution in [2.45, 2.75) is 71.8 Å². The van der Waals surface area contributed by atoms with Gasteiger partial charge in [-0.05, 0) is 50.4 Å². The van der Waals surface area contributed by atoms with Gasteiger partial charge in [-0.15, -0.1) is 0 Å². The molecule has 1 atom stereocenters. The number of carboxylic acid groups (broad SMARTS) is 1. The van der Waals surface area contributed by atoms with Gasteiger partial charge in [0, 0.05) is 18.5 Å². The topological polar surface area (TPSA) is 78.4 Å². The summed E-state index contributed by atoms with van der Waals surface area (Å²) >= 11 is 0. The van der Waals surface area contributed by atoms with E-state index in [1.165, 1.54) is 6.42 Å². The summed E-state index contributed by atoms with van der Waals surface area (Å²) in [5.74, 6) is -0.471. The van der Waals surface area contributed by atoms with Crippen LogP contribution in [0.25, 0.3) is 0 Å². The number of nitrogens with one attached hydrogen (secondary N) is 2. The summed E-state index contributed by atoms with van der Waals surface area (Å²) in [5, 5.41) is 14.7. The van der Waals surface area contributed by atoms with Gasteiger partial charge in [0.05, 0.1) is 0 Å². The number of rotatable bonds is 7. The number of carbonyl (C=O) groups is 2. The van der Waals surface area contributed by atoms with Crippen LogP contribution in [-0.4, -0.2) is 29.2 Å². The first-order valence-corrected chi connectivity index (χ1v) is 7.90. The third-order valence-electron chi connectivity index (χ3n) is 4.58. The maximum absolute atomic E-state index is 11.8. The third kappa shape index (κ3) is 6.36. The molecule has 1 aliphatic carbocycles. The van der Waals surface area contributed by atoms with Crippen LogP contribution in [0.2, 0.25) is 0 Å². The second kappa shape index (κ2) is 7.14. The van der Waals surface area contributed by atoms with Gasteiger partial charge in [-0.25, -0.2) is 4.79 Å². The molecule has 0 aromatic heterocycles. The summed E-state index contributed by atoms with van der Waals surface area (Å²) in [6, 6.07) is -0.108. The van der Waals surface area contributed by atoms with E-state index in [2.05, 4.69) is 38.3 Å². The molecule has 0 aliphatic heterocycles. The van der Waals surface area contributed by atoms with Crippen molar-refractivity contribution in [3.63, 3.8) is 0 Å². The Morgan fingerprint density at radius 1 is 1.24 bits per heavy atom. The van der Waals surface area contributed by atoms with Crippen LogP contribution in [0, 0.1) is 11.3 Å². The standard InChI is InChI=1S/C16H30N2O3/c1-15(2,3)12(6-7-13(19)20)8-11-17-14(21)18-16(4)9-5-10-16/h12H,5-11H2,1-4H3,(H,19,20)(H2,17,18,21). The Labute approximate surface area is 127 Å². The van der Waals surface area contributed by atoms with E-state index in [4.69, 9.17) is 5.11 Å². The average Bonchev–Trinajstić information content (AvgIpc) is 2.29. The largest absolute Gasteiger partial charge is 0.481 e. The molecule has 0 saturated heterocycles. The number of aliphatic carboxylic acids is 1. The van der Waals surface area contributed by atoms with Crippen molar-refractivity contribution in [3.05, 3.63) is 0 Å². The van der Waals surface area contributed by atoms with E-state index in [0.29, 0.717) is 13.0 Å². The molecule has 0 heterocycles. The van der Waals surface area contributed by atoms with Gasteiger partial charge in [-0.3, -0.25) is 4.79 Å². The second-order valence-electron chi connectivity index (χ2n) is 7.58. The van der Waals surface area contributed by atoms with Gasteiger partial charge in [0.1, 0.15) is 0 Å². The predicted octanol–water partition coefficient (Wildman–Crippen LogP) is 3.15. The van der Waals surface area contributed by atoms with Crippen LogP contribution in [0.4, 0.5) is 4.79 Å². The Morgan fingerprint density at radius 2 is 1.86 bits per heavy atom. The number of carbonyl (C=O) groups excluding carboxylic acids is 1. The van der Waals surface area contributed by atoms with E-state index in [-0.39, 0.29) is 29.3 Å². The summed E-state index contributed by atoms with van der Waals surface area (Å²) in [6.45, 7) is 9.02. The Morgan fingerprint density at radius 3 is 2.29 bits per heavy atom. The van der Waals surface area contributed by atoms with E-state index in [0.717, 1.165) is 19.3 Å². The summed E-state index contributed by atoms with van der Waals surface area (Å²) in [4.78, 5) is 22.6. The molecule has 21 heavy (non-hydrogen) atoms. The van der Waals surface area contributed by atoms with Crippen molar-refractivity contribution in [2.75, 3.05) is 6.54 Å². The molecule has 1 saturated carbocycles. The minimum Gasteiger partial charge on any atom is -0.481 e. The normalized spacial score (nSPS) is 18.5. The number of hydrogen-bond donors (Lipinski definition) is 3. The lowest BCUT2D eigenvalue weighted by Gasteiger charge is -2.39. The fourth-order valence-electron chi connectivity index (χ4n) is 2.82. The number of urea groups is 1. The fourth-order valence-corrected chi connectivity index (χ4v) is 2.82. The maximum Gasteiger partial charge on any atom is 0.315 e. The average molecular weight is 298 g/mol. The quantitative estimate of drug-likeness (QED) is 0.675. The highest BCUT2D eigenvalue weighted by molar-refractivity contribution is 5.74. The van der Waals surface area contributed by atoms with Gasteiger partial charge in [0.25, 0.3) is 0 Å². The minimum absolute atomic E-state index is 0.0309. The van der Waals surface area contributed by atoms with Gasteiger partial charge in [-0.1, -0.05) is 20.8 Å². The molecule has 5 heteroatoms.